The first kappa shape index (κ1) is 20.5. The van der Waals surface area contributed by atoms with Gasteiger partial charge in [0.1, 0.15) is 4.90 Å². The molecule has 0 saturated carbocycles. The second-order valence-corrected chi connectivity index (χ2v) is 9.48. The van der Waals surface area contributed by atoms with Gasteiger partial charge in [-0.25, -0.2) is 8.42 Å². The molecule has 2 heterocycles. The van der Waals surface area contributed by atoms with Gasteiger partial charge in [-0.05, 0) is 46.8 Å². The number of carbonyl (C=O) groups is 1. The van der Waals surface area contributed by atoms with Crippen molar-refractivity contribution >= 4 is 15.9 Å². The molecular weight excluding hydrogens is 376 g/mol. The number of rotatable bonds is 4. The summed E-state index contributed by atoms with van der Waals surface area (Å²) in [5.41, 5.74) is 2.84. The highest BCUT2D eigenvalue weighted by molar-refractivity contribution is 7.89. The summed E-state index contributed by atoms with van der Waals surface area (Å²) < 4.78 is 29.7. The molecule has 0 radical (unpaired) electrons. The predicted octanol–water partition coefficient (Wildman–Crippen LogP) is 2.54. The van der Waals surface area contributed by atoms with Crippen LogP contribution in [0.15, 0.2) is 29.2 Å². The van der Waals surface area contributed by atoms with Gasteiger partial charge >= 0.3 is 0 Å². The third-order valence-corrected chi connectivity index (χ3v) is 7.29. The number of aryl methyl sites for hydroxylation is 2. The van der Waals surface area contributed by atoms with Crippen LogP contribution in [0.25, 0.3) is 0 Å². The molecule has 1 aliphatic rings. The monoisotopic (exact) mass is 404 g/mol. The van der Waals surface area contributed by atoms with Crippen LogP contribution >= 0.6 is 0 Å². The molecule has 0 unspecified atom stereocenters. The Morgan fingerprint density at radius 1 is 1.07 bits per heavy atom. The van der Waals surface area contributed by atoms with Crippen LogP contribution in [-0.4, -0.2) is 59.5 Å². The highest BCUT2D eigenvalue weighted by Crippen LogP contribution is 2.26. The van der Waals surface area contributed by atoms with E-state index in [4.69, 9.17) is 0 Å². The lowest BCUT2D eigenvalue weighted by Gasteiger charge is -2.34. The molecule has 0 atom stereocenters. The lowest BCUT2D eigenvalue weighted by Crippen LogP contribution is -2.50. The number of sulfonamides is 1. The van der Waals surface area contributed by atoms with Crippen molar-refractivity contribution in [2.24, 2.45) is 0 Å². The molecule has 8 heteroatoms. The van der Waals surface area contributed by atoms with E-state index in [9.17, 15) is 13.2 Å². The fraction of sp³-hybridized carbons (Fsp3) is 0.500. The molecule has 1 aliphatic heterocycles. The van der Waals surface area contributed by atoms with Gasteiger partial charge in [-0.3, -0.25) is 9.48 Å². The van der Waals surface area contributed by atoms with Gasteiger partial charge in [0.2, 0.25) is 10.0 Å². The average Bonchev–Trinajstić information content (AvgIpc) is 2.96. The van der Waals surface area contributed by atoms with Gasteiger partial charge < -0.3 is 4.90 Å². The minimum Gasteiger partial charge on any atom is -0.336 e. The first-order valence-electron chi connectivity index (χ1n) is 9.54. The summed E-state index contributed by atoms with van der Waals surface area (Å²) in [5.74, 6) is -0.0549. The molecule has 0 N–H and O–H groups in total. The highest BCUT2D eigenvalue weighted by Gasteiger charge is 2.34. The maximum atomic E-state index is 13.2. The minimum atomic E-state index is -3.64. The fourth-order valence-electron chi connectivity index (χ4n) is 3.75. The minimum absolute atomic E-state index is 0.0549. The van der Waals surface area contributed by atoms with Crippen LogP contribution in [0.4, 0.5) is 0 Å². The zero-order valence-corrected chi connectivity index (χ0v) is 18.0. The van der Waals surface area contributed by atoms with Crippen molar-refractivity contribution in [2.75, 3.05) is 26.2 Å². The molecule has 1 amide bonds. The summed E-state index contributed by atoms with van der Waals surface area (Å²) in [5, 5.41) is 4.41. The van der Waals surface area contributed by atoms with Crippen LogP contribution in [0.2, 0.25) is 0 Å². The smallest absolute Gasteiger partial charge is 0.253 e. The zero-order valence-electron chi connectivity index (χ0n) is 17.1. The van der Waals surface area contributed by atoms with Gasteiger partial charge in [0.05, 0.1) is 11.4 Å². The number of nitrogens with zero attached hydrogens (tertiary/aromatic N) is 4. The van der Waals surface area contributed by atoms with Gasteiger partial charge in [-0.1, -0.05) is 17.7 Å². The second-order valence-electron chi connectivity index (χ2n) is 7.60. The molecule has 2 aromatic rings. The maximum Gasteiger partial charge on any atom is 0.253 e. The molecule has 3 rings (SSSR count). The summed E-state index contributed by atoms with van der Waals surface area (Å²) in [6.45, 7) is 10.8. The van der Waals surface area contributed by atoms with Crippen LogP contribution in [0.3, 0.4) is 0 Å². The second kappa shape index (κ2) is 7.67. The first-order chi connectivity index (χ1) is 13.1. The van der Waals surface area contributed by atoms with Crippen LogP contribution in [0.1, 0.15) is 47.2 Å². The number of piperazine rings is 1. The molecule has 28 heavy (non-hydrogen) atoms. The molecule has 1 aromatic heterocycles. The summed E-state index contributed by atoms with van der Waals surface area (Å²) >= 11 is 0. The van der Waals surface area contributed by atoms with Crippen molar-refractivity contribution in [1.29, 1.82) is 0 Å². The van der Waals surface area contributed by atoms with Gasteiger partial charge in [0, 0.05) is 37.8 Å². The lowest BCUT2D eigenvalue weighted by atomic mass is 10.1. The molecular formula is C20H28N4O3S. The molecule has 0 bridgehead atoms. The van der Waals surface area contributed by atoms with Gasteiger partial charge in [0.15, 0.2) is 0 Å². The van der Waals surface area contributed by atoms with Crippen molar-refractivity contribution in [3.05, 3.63) is 46.8 Å². The average molecular weight is 405 g/mol. The third kappa shape index (κ3) is 3.71. The van der Waals surface area contributed by atoms with E-state index in [1.165, 1.54) is 4.31 Å². The summed E-state index contributed by atoms with van der Waals surface area (Å²) in [7, 11) is -3.64. The van der Waals surface area contributed by atoms with Gasteiger partial charge in [0.25, 0.3) is 5.91 Å². The highest BCUT2D eigenvalue weighted by atomic mass is 32.2. The van der Waals surface area contributed by atoms with Crippen LogP contribution in [-0.2, 0) is 10.0 Å². The van der Waals surface area contributed by atoms with E-state index in [-0.39, 0.29) is 25.0 Å². The molecule has 7 nitrogen and oxygen atoms in total. The number of hydrogen-bond acceptors (Lipinski definition) is 4. The van der Waals surface area contributed by atoms with E-state index < -0.39 is 10.0 Å². The van der Waals surface area contributed by atoms with E-state index in [0.29, 0.717) is 34.9 Å². The topological polar surface area (TPSA) is 75.5 Å². The van der Waals surface area contributed by atoms with Crippen molar-refractivity contribution in [2.45, 2.75) is 45.6 Å². The summed E-state index contributed by atoms with van der Waals surface area (Å²) in [6, 6.07) is 7.56. The number of aromatic nitrogens is 2. The van der Waals surface area contributed by atoms with E-state index in [1.54, 1.807) is 29.5 Å². The Kier molecular flexibility index (Phi) is 5.63. The number of carbonyl (C=O) groups excluding carboxylic acids is 1. The zero-order chi connectivity index (χ0) is 20.6. The Labute approximate surface area is 167 Å². The Morgan fingerprint density at radius 2 is 1.71 bits per heavy atom. The quantitative estimate of drug-likeness (QED) is 0.785. The summed E-state index contributed by atoms with van der Waals surface area (Å²) in [4.78, 5) is 14.7. The Morgan fingerprint density at radius 3 is 2.25 bits per heavy atom. The standard InChI is InChI=1S/C20H28N4O3S/c1-14(2)24-17(5)19(16(4)21-24)28(26,27)23-11-9-22(10-12-23)20(25)18-8-6-7-15(3)13-18/h6-8,13-14H,9-12H2,1-5H3. The van der Waals surface area contributed by atoms with E-state index in [1.807, 2.05) is 39.0 Å². The predicted molar refractivity (Wildman–Crippen MR) is 108 cm³/mol. The molecule has 152 valence electrons. The lowest BCUT2D eigenvalue weighted by molar-refractivity contribution is 0.0697. The number of benzene rings is 1. The van der Waals surface area contributed by atoms with Crippen molar-refractivity contribution < 1.29 is 13.2 Å². The van der Waals surface area contributed by atoms with Crippen LogP contribution in [0.5, 0.6) is 0 Å². The van der Waals surface area contributed by atoms with Crippen molar-refractivity contribution in [3.63, 3.8) is 0 Å². The van der Waals surface area contributed by atoms with Gasteiger partial charge in [-0.2, -0.15) is 9.40 Å². The fourth-order valence-corrected chi connectivity index (χ4v) is 5.53. The van der Waals surface area contributed by atoms with E-state index >= 15 is 0 Å². The third-order valence-electron chi connectivity index (χ3n) is 5.14. The maximum absolute atomic E-state index is 13.2. The van der Waals surface area contributed by atoms with E-state index in [0.717, 1.165) is 5.56 Å². The normalized spacial score (nSPS) is 16.0. The Bertz CT molecular complexity index is 987. The molecule has 1 fully saturated rings. The molecule has 1 aromatic carbocycles. The molecule has 1 saturated heterocycles. The van der Waals surface area contributed by atoms with Gasteiger partial charge in [-0.15, -0.1) is 0 Å². The van der Waals surface area contributed by atoms with E-state index in [2.05, 4.69) is 5.10 Å². The SMILES string of the molecule is Cc1cccc(C(=O)N2CCN(S(=O)(=O)c3c(C)nn(C(C)C)c3C)CC2)c1. The number of amides is 1. The first-order valence-corrected chi connectivity index (χ1v) is 11.0. The van der Waals surface area contributed by atoms with Crippen molar-refractivity contribution in [1.82, 2.24) is 19.0 Å². The molecule has 0 spiro atoms. The van der Waals surface area contributed by atoms with Crippen LogP contribution < -0.4 is 0 Å². The number of hydrogen-bond donors (Lipinski definition) is 0. The molecule has 0 aliphatic carbocycles. The Hall–Kier alpha value is -2.19. The van der Waals surface area contributed by atoms with Crippen LogP contribution in [0, 0.1) is 20.8 Å². The summed E-state index contributed by atoms with van der Waals surface area (Å²) in [6.07, 6.45) is 0. The Balaban J connectivity index is 1.77. The largest absolute Gasteiger partial charge is 0.336 e. The van der Waals surface area contributed by atoms with Crippen molar-refractivity contribution in [3.8, 4) is 0 Å².